The Morgan fingerprint density at radius 1 is 1.19 bits per heavy atom. The van der Waals surface area contributed by atoms with Crippen molar-refractivity contribution in [3.8, 4) is 11.5 Å². The molecule has 0 fully saturated rings. The summed E-state index contributed by atoms with van der Waals surface area (Å²) >= 11 is 0. The molecule has 0 amide bonds. The van der Waals surface area contributed by atoms with Crippen LogP contribution in [0.25, 0.3) is 0 Å². The Kier molecular flexibility index (Phi) is 5.17. The molecular weight excluding hydrogens is 266 g/mol. The maximum absolute atomic E-state index is 10.5. The Hall–Kier alpha value is -2.07. The summed E-state index contributed by atoms with van der Waals surface area (Å²) in [4.78, 5) is 4.13. The maximum Gasteiger partial charge on any atom is 0.137 e. The number of aliphatic hydroxyl groups is 1. The highest BCUT2D eigenvalue weighted by molar-refractivity contribution is 5.40. The van der Waals surface area contributed by atoms with Crippen LogP contribution in [-0.2, 0) is 0 Å². The first-order chi connectivity index (χ1) is 10.2. The minimum atomic E-state index is -0.729. The molecule has 0 saturated carbocycles. The summed E-state index contributed by atoms with van der Waals surface area (Å²) < 4.78 is 10.8. The van der Waals surface area contributed by atoms with Crippen LogP contribution in [0.3, 0.4) is 0 Å². The fourth-order valence-electron chi connectivity index (χ4n) is 2.15. The highest BCUT2D eigenvalue weighted by Crippen LogP contribution is 2.27. The van der Waals surface area contributed by atoms with Crippen molar-refractivity contribution in [3.63, 3.8) is 0 Å². The summed E-state index contributed by atoms with van der Waals surface area (Å²) in [6.07, 6.45) is 3.52. The van der Waals surface area contributed by atoms with Gasteiger partial charge in [-0.25, -0.2) is 0 Å². The van der Waals surface area contributed by atoms with Crippen LogP contribution in [0.4, 0.5) is 0 Å². The molecule has 1 aromatic carbocycles. The SMILES string of the molecule is CCCOc1cncc(C(O)c2ccc(OC)c(C)c2)c1. The van der Waals surface area contributed by atoms with Crippen LogP contribution in [0.15, 0.2) is 36.7 Å². The van der Waals surface area contributed by atoms with E-state index in [2.05, 4.69) is 4.98 Å². The van der Waals surface area contributed by atoms with Crippen LogP contribution >= 0.6 is 0 Å². The fraction of sp³-hybridized carbons (Fsp3) is 0.353. The fourth-order valence-corrected chi connectivity index (χ4v) is 2.15. The molecular formula is C17H21NO3. The molecule has 1 N–H and O–H groups in total. The normalized spacial score (nSPS) is 12.0. The number of benzene rings is 1. The number of aliphatic hydroxyl groups excluding tert-OH is 1. The molecule has 0 bridgehead atoms. The predicted octanol–water partition coefficient (Wildman–Crippen LogP) is 3.27. The molecule has 2 rings (SSSR count). The standard InChI is InChI=1S/C17H21NO3/c1-4-7-21-15-9-14(10-18-11-15)17(19)13-5-6-16(20-3)12(2)8-13/h5-6,8-11,17,19H,4,7H2,1-3H3. The van der Waals surface area contributed by atoms with Crippen molar-refractivity contribution in [1.82, 2.24) is 4.98 Å². The topological polar surface area (TPSA) is 51.6 Å². The van der Waals surface area contributed by atoms with Gasteiger partial charge in [-0.1, -0.05) is 13.0 Å². The minimum absolute atomic E-state index is 0.642. The highest BCUT2D eigenvalue weighted by atomic mass is 16.5. The molecule has 112 valence electrons. The van der Waals surface area contributed by atoms with Gasteiger partial charge in [0.05, 0.1) is 19.9 Å². The predicted molar refractivity (Wildman–Crippen MR) is 81.8 cm³/mol. The van der Waals surface area contributed by atoms with Crippen molar-refractivity contribution in [2.24, 2.45) is 0 Å². The van der Waals surface area contributed by atoms with Gasteiger partial charge in [0.25, 0.3) is 0 Å². The maximum atomic E-state index is 10.5. The summed E-state index contributed by atoms with van der Waals surface area (Å²) in [7, 11) is 1.64. The van der Waals surface area contributed by atoms with Gasteiger partial charge < -0.3 is 14.6 Å². The van der Waals surface area contributed by atoms with E-state index in [1.54, 1.807) is 19.5 Å². The van der Waals surface area contributed by atoms with E-state index in [-0.39, 0.29) is 0 Å². The molecule has 0 aliphatic carbocycles. The Bertz CT molecular complexity index is 598. The number of hydrogen-bond acceptors (Lipinski definition) is 4. The molecule has 0 radical (unpaired) electrons. The van der Waals surface area contributed by atoms with Gasteiger partial charge in [0.1, 0.15) is 17.6 Å². The second-order valence-electron chi connectivity index (χ2n) is 4.93. The van der Waals surface area contributed by atoms with Gasteiger partial charge in [-0.3, -0.25) is 4.98 Å². The number of hydrogen-bond donors (Lipinski definition) is 1. The van der Waals surface area contributed by atoms with Crippen molar-refractivity contribution in [1.29, 1.82) is 0 Å². The molecule has 4 nitrogen and oxygen atoms in total. The monoisotopic (exact) mass is 287 g/mol. The lowest BCUT2D eigenvalue weighted by molar-refractivity contribution is 0.218. The van der Waals surface area contributed by atoms with Crippen LogP contribution in [0, 0.1) is 6.92 Å². The third-order valence-electron chi connectivity index (χ3n) is 3.26. The summed E-state index contributed by atoms with van der Waals surface area (Å²) in [5, 5.41) is 10.5. The molecule has 1 atom stereocenters. The molecule has 1 unspecified atom stereocenters. The second kappa shape index (κ2) is 7.09. The van der Waals surface area contributed by atoms with Crippen molar-refractivity contribution >= 4 is 0 Å². The summed E-state index contributed by atoms with van der Waals surface area (Å²) in [5.41, 5.74) is 2.51. The molecule has 1 aromatic heterocycles. The molecule has 0 saturated heterocycles. The van der Waals surface area contributed by atoms with Crippen molar-refractivity contribution < 1.29 is 14.6 Å². The zero-order valence-electron chi connectivity index (χ0n) is 12.7. The molecule has 0 spiro atoms. The van der Waals surface area contributed by atoms with Crippen molar-refractivity contribution in [3.05, 3.63) is 53.3 Å². The second-order valence-corrected chi connectivity index (χ2v) is 4.93. The van der Waals surface area contributed by atoms with E-state index in [0.29, 0.717) is 17.9 Å². The third-order valence-corrected chi connectivity index (χ3v) is 3.26. The molecule has 1 heterocycles. The smallest absolute Gasteiger partial charge is 0.137 e. The van der Waals surface area contributed by atoms with Gasteiger partial charge in [0.2, 0.25) is 0 Å². The van der Waals surface area contributed by atoms with E-state index in [1.165, 1.54) is 0 Å². The zero-order valence-corrected chi connectivity index (χ0v) is 12.7. The number of ether oxygens (including phenoxy) is 2. The van der Waals surface area contributed by atoms with Gasteiger partial charge >= 0.3 is 0 Å². The van der Waals surface area contributed by atoms with Gasteiger partial charge in [-0.05, 0) is 42.7 Å². The Morgan fingerprint density at radius 2 is 2.00 bits per heavy atom. The van der Waals surface area contributed by atoms with Gasteiger partial charge in [-0.2, -0.15) is 0 Å². The van der Waals surface area contributed by atoms with Crippen molar-refractivity contribution in [2.75, 3.05) is 13.7 Å². The van der Waals surface area contributed by atoms with Crippen molar-refractivity contribution in [2.45, 2.75) is 26.4 Å². The van der Waals surface area contributed by atoms with Gasteiger partial charge in [0.15, 0.2) is 0 Å². The Labute approximate surface area is 125 Å². The number of aryl methyl sites for hydroxylation is 1. The number of methoxy groups -OCH3 is 1. The average molecular weight is 287 g/mol. The van der Waals surface area contributed by atoms with Crippen LogP contribution in [0.2, 0.25) is 0 Å². The molecule has 21 heavy (non-hydrogen) atoms. The summed E-state index contributed by atoms with van der Waals surface area (Å²) in [6.45, 7) is 4.64. The summed E-state index contributed by atoms with van der Waals surface area (Å²) in [6, 6.07) is 7.46. The van der Waals surface area contributed by atoms with Crippen LogP contribution < -0.4 is 9.47 Å². The number of nitrogens with zero attached hydrogens (tertiary/aromatic N) is 1. The van der Waals surface area contributed by atoms with E-state index in [1.807, 2.05) is 38.1 Å². The van der Waals surface area contributed by atoms with E-state index in [0.717, 1.165) is 23.3 Å². The van der Waals surface area contributed by atoms with Gasteiger partial charge in [-0.15, -0.1) is 0 Å². The Balaban J connectivity index is 2.22. The first-order valence-corrected chi connectivity index (χ1v) is 7.06. The lowest BCUT2D eigenvalue weighted by Crippen LogP contribution is -2.03. The van der Waals surface area contributed by atoms with Crippen LogP contribution in [-0.4, -0.2) is 23.8 Å². The van der Waals surface area contributed by atoms with Gasteiger partial charge in [0, 0.05) is 11.8 Å². The number of aromatic nitrogens is 1. The zero-order chi connectivity index (χ0) is 15.2. The first kappa shape index (κ1) is 15.3. The molecule has 2 aromatic rings. The van der Waals surface area contributed by atoms with E-state index in [4.69, 9.17) is 9.47 Å². The molecule has 0 aliphatic heterocycles. The number of rotatable bonds is 6. The summed E-state index contributed by atoms with van der Waals surface area (Å²) in [5.74, 6) is 1.49. The Morgan fingerprint density at radius 3 is 2.67 bits per heavy atom. The third kappa shape index (κ3) is 3.73. The van der Waals surface area contributed by atoms with Crippen LogP contribution in [0.5, 0.6) is 11.5 Å². The van der Waals surface area contributed by atoms with E-state index < -0.39 is 6.10 Å². The van der Waals surface area contributed by atoms with E-state index in [9.17, 15) is 5.11 Å². The molecule has 0 aliphatic rings. The highest BCUT2D eigenvalue weighted by Gasteiger charge is 2.13. The quantitative estimate of drug-likeness (QED) is 0.886. The molecule has 4 heteroatoms. The lowest BCUT2D eigenvalue weighted by atomic mass is 10.0. The van der Waals surface area contributed by atoms with Crippen LogP contribution in [0.1, 0.15) is 36.1 Å². The lowest BCUT2D eigenvalue weighted by Gasteiger charge is -2.14. The number of pyridine rings is 1. The largest absolute Gasteiger partial charge is 0.496 e. The minimum Gasteiger partial charge on any atom is -0.496 e. The first-order valence-electron chi connectivity index (χ1n) is 7.06. The average Bonchev–Trinajstić information content (AvgIpc) is 2.52. The van der Waals surface area contributed by atoms with E-state index >= 15 is 0 Å².